The van der Waals surface area contributed by atoms with Crippen LogP contribution in [0.3, 0.4) is 0 Å². The quantitative estimate of drug-likeness (QED) is 0.540. The number of ether oxygens (including phenoxy) is 3. The molecule has 2 aromatic rings. The first-order valence-electron chi connectivity index (χ1n) is 12.1. The third-order valence-corrected chi connectivity index (χ3v) is 6.95. The first-order chi connectivity index (χ1) is 16.9. The van der Waals surface area contributed by atoms with Gasteiger partial charge in [-0.2, -0.15) is 0 Å². The molecule has 1 N–H and O–H groups in total. The number of benzene rings is 2. The molecule has 1 aliphatic carbocycles. The van der Waals surface area contributed by atoms with Gasteiger partial charge in [-0.05, 0) is 44.2 Å². The van der Waals surface area contributed by atoms with Crippen LogP contribution < -0.4 is 14.8 Å². The second kappa shape index (κ2) is 10.4. The van der Waals surface area contributed by atoms with Crippen molar-refractivity contribution in [1.82, 2.24) is 5.32 Å². The number of ketones is 1. The van der Waals surface area contributed by atoms with Crippen molar-refractivity contribution < 1.29 is 23.8 Å². The predicted molar refractivity (Wildman–Crippen MR) is 134 cm³/mol. The van der Waals surface area contributed by atoms with Crippen LogP contribution >= 0.6 is 0 Å². The van der Waals surface area contributed by atoms with Gasteiger partial charge in [0.05, 0.1) is 31.8 Å². The highest BCUT2D eigenvalue weighted by Gasteiger charge is 2.43. The molecule has 0 fully saturated rings. The van der Waals surface area contributed by atoms with Gasteiger partial charge in [-0.15, -0.1) is 0 Å². The van der Waals surface area contributed by atoms with Crippen LogP contribution in [0.2, 0.25) is 0 Å². The van der Waals surface area contributed by atoms with Crippen LogP contribution in [-0.4, -0.2) is 32.1 Å². The molecule has 0 radical (unpaired) electrons. The van der Waals surface area contributed by atoms with Crippen molar-refractivity contribution in [3.8, 4) is 11.5 Å². The summed E-state index contributed by atoms with van der Waals surface area (Å²) >= 11 is 0. The molecule has 0 saturated carbocycles. The molecule has 0 spiro atoms. The maximum Gasteiger partial charge on any atom is 0.337 e. The van der Waals surface area contributed by atoms with Crippen molar-refractivity contribution in [3.05, 3.63) is 82.2 Å². The third kappa shape index (κ3) is 4.70. The molecule has 1 heterocycles. The minimum atomic E-state index is -0.614. The molecular formula is C29H33NO5. The largest absolute Gasteiger partial charge is 0.493 e. The summed E-state index contributed by atoms with van der Waals surface area (Å²) in [5, 5.41) is 3.40. The van der Waals surface area contributed by atoms with Gasteiger partial charge in [0.15, 0.2) is 17.3 Å². The number of rotatable bonds is 7. The Hall–Kier alpha value is -3.54. The van der Waals surface area contributed by atoms with Crippen molar-refractivity contribution in [3.63, 3.8) is 0 Å². The first kappa shape index (κ1) is 24.6. The van der Waals surface area contributed by atoms with Gasteiger partial charge in [-0.3, -0.25) is 4.79 Å². The summed E-state index contributed by atoms with van der Waals surface area (Å²) < 4.78 is 17.0. The Morgan fingerprint density at radius 3 is 2.46 bits per heavy atom. The zero-order valence-corrected chi connectivity index (χ0v) is 21.0. The summed E-state index contributed by atoms with van der Waals surface area (Å²) in [6.45, 7) is 5.70. The molecule has 0 saturated heterocycles. The van der Waals surface area contributed by atoms with E-state index in [2.05, 4.69) is 17.4 Å². The summed E-state index contributed by atoms with van der Waals surface area (Å²) in [6.07, 6.45) is 1.51. The normalized spacial score (nSPS) is 20.7. The number of dihydropyridines is 1. The minimum Gasteiger partial charge on any atom is -0.493 e. The van der Waals surface area contributed by atoms with Crippen molar-refractivity contribution >= 4 is 11.8 Å². The lowest BCUT2D eigenvalue weighted by Gasteiger charge is -2.37. The van der Waals surface area contributed by atoms with Crippen LogP contribution in [0.5, 0.6) is 11.5 Å². The van der Waals surface area contributed by atoms with Crippen LogP contribution in [0, 0.1) is 0 Å². The van der Waals surface area contributed by atoms with Crippen LogP contribution in [0.1, 0.15) is 63.0 Å². The smallest absolute Gasteiger partial charge is 0.337 e. The standard InChI is InChI=1S/C29H33NO5/c1-6-17(2)35-29(32)25-18(3)30-22-15-20(19-11-8-7-9-12-19)16-23(31)27(22)26(25)21-13-10-14-24(33-4)28(21)34-5/h7-14,17,20,26,30H,6,15-16H2,1-5H3/t17-,20-,26+/m0/s1. The lowest BCUT2D eigenvalue weighted by atomic mass is 9.71. The second-order valence-electron chi connectivity index (χ2n) is 9.13. The maximum atomic E-state index is 13.8. The molecule has 6 heteroatoms. The maximum absolute atomic E-state index is 13.8. The SMILES string of the molecule is CC[C@H](C)OC(=O)C1=C(C)NC2=C(C(=O)C[C@@H](c3ccccc3)C2)[C@@H]1c1cccc(OC)c1OC. The number of para-hydroxylation sites is 1. The number of carbonyl (C=O) groups excluding carboxylic acids is 2. The molecule has 2 aliphatic rings. The molecular weight excluding hydrogens is 442 g/mol. The van der Waals surface area contributed by atoms with Crippen molar-refractivity contribution in [2.24, 2.45) is 0 Å². The molecule has 0 unspecified atom stereocenters. The second-order valence-corrected chi connectivity index (χ2v) is 9.13. The molecule has 4 rings (SSSR count). The number of esters is 1. The number of hydrogen-bond acceptors (Lipinski definition) is 6. The van der Waals surface area contributed by atoms with Gasteiger partial charge in [0, 0.05) is 29.0 Å². The predicted octanol–water partition coefficient (Wildman–Crippen LogP) is 5.41. The topological polar surface area (TPSA) is 73.9 Å². The first-order valence-corrected chi connectivity index (χ1v) is 12.1. The average Bonchev–Trinajstić information content (AvgIpc) is 2.87. The third-order valence-electron chi connectivity index (χ3n) is 6.95. The molecule has 6 nitrogen and oxygen atoms in total. The lowest BCUT2D eigenvalue weighted by molar-refractivity contribution is -0.144. The molecule has 3 atom stereocenters. The minimum absolute atomic E-state index is 0.0174. The zero-order valence-electron chi connectivity index (χ0n) is 21.0. The Bertz CT molecular complexity index is 1180. The number of Topliss-reactive ketones (excluding diaryl/α,β-unsaturated/α-hetero) is 1. The Morgan fingerprint density at radius 1 is 1.06 bits per heavy atom. The highest BCUT2D eigenvalue weighted by atomic mass is 16.5. The summed E-state index contributed by atoms with van der Waals surface area (Å²) in [5.74, 6) is 0.102. The van der Waals surface area contributed by atoms with Gasteiger partial charge in [-0.1, -0.05) is 49.4 Å². The summed E-state index contributed by atoms with van der Waals surface area (Å²) in [4.78, 5) is 27.2. The van der Waals surface area contributed by atoms with Crippen LogP contribution in [0.25, 0.3) is 0 Å². The molecule has 0 aromatic heterocycles. The van der Waals surface area contributed by atoms with E-state index in [1.807, 2.05) is 51.1 Å². The number of allylic oxidation sites excluding steroid dienone is 3. The van der Waals surface area contributed by atoms with E-state index in [1.54, 1.807) is 20.3 Å². The highest BCUT2D eigenvalue weighted by molar-refractivity contribution is 6.04. The number of hydrogen-bond donors (Lipinski definition) is 1. The number of methoxy groups -OCH3 is 2. The monoisotopic (exact) mass is 475 g/mol. The van der Waals surface area contributed by atoms with Crippen molar-refractivity contribution in [1.29, 1.82) is 0 Å². The van der Waals surface area contributed by atoms with Gasteiger partial charge in [0.2, 0.25) is 0 Å². The Balaban J connectivity index is 1.86. The Kier molecular flexibility index (Phi) is 7.29. The van der Waals surface area contributed by atoms with Gasteiger partial charge in [0.1, 0.15) is 0 Å². The van der Waals surface area contributed by atoms with E-state index in [1.165, 1.54) is 0 Å². The van der Waals surface area contributed by atoms with E-state index in [9.17, 15) is 9.59 Å². The molecule has 2 aromatic carbocycles. The lowest BCUT2D eigenvalue weighted by Crippen LogP contribution is -2.36. The van der Waals surface area contributed by atoms with E-state index in [0.29, 0.717) is 53.2 Å². The molecule has 35 heavy (non-hydrogen) atoms. The fourth-order valence-electron chi connectivity index (χ4n) is 5.05. The van der Waals surface area contributed by atoms with Gasteiger partial charge < -0.3 is 19.5 Å². The van der Waals surface area contributed by atoms with Crippen molar-refractivity contribution in [2.75, 3.05) is 14.2 Å². The van der Waals surface area contributed by atoms with E-state index in [0.717, 1.165) is 11.3 Å². The summed E-state index contributed by atoms with van der Waals surface area (Å²) in [7, 11) is 3.14. The van der Waals surface area contributed by atoms with Crippen LogP contribution in [-0.2, 0) is 14.3 Å². The summed E-state index contributed by atoms with van der Waals surface area (Å²) in [6, 6.07) is 15.6. The molecule has 1 aliphatic heterocycles. The number of carbonyl (C=O) groups is 2. The Labute approximate surface area is 207 Å². The zero-order chi connectivity index (χ0) is 25.1. The van der Waals surface area contributed by atoms with E-state index in [-0.39, 0.29) is 17.8 Å². The fraction of sp³-hybridized carbons (Fsp3) is 0.379. The van der Waals surface area contributed by atoms with Gasteiger partial charge in [-0.25, -0.2) is 4.79 Å². The van der Waals surface area contributed by atoms with Crippen LogP contribution in [0.15, 0.2) is 71.1 Å². The van der Waals surface area contributed by atoms with E-state index in [4.69, 9.17) is 14.2 Å². The Morgan fingerprint density at radius 2 is 1.80 bits per heavy atom. The average molecular weight is 476 g/mol. The van der Waals surface area contributed by atoms with Crippen LogP contribution in [0.4, 0.5) is 0 Å². The molecule has 0 amide bonds. The molecule has 0 bridgehead atoms. The highest BCUT2D eigenvalue weighted by Crippen LogP contribution is 2.49. The van der Waals surface area contributed by atoms with E-state index < -0.39 is 11.9 Å². The van der Waals surface area contributed by atoms with Gasteiger partial charge in [0.25, 0.3) is 0 Å². The van der Waals surface area contributed by atoms with Crippen molar-refractivity contribution in [2.45, 2.75) is 58.0 Å². The van der Waals surface area contributed by atoms with Gasteiger partial charge >= 0.3 is 5.97 Å². The van der Waals surface area contributed by atoms with E-state index >= 15 is 0 Å². The fourth-order valence-corrected chi connectivity index (χ4v) is 5.05. The summed E-state index contributed by atoms with van der Waals surface area (Å²) in [5.41, 5.74) is 4.42. The number of nitrogens with one attached hydrogen (secondary N) is 1. The molecule has 184 valence electrons.